The van der Waals surface area contributed by atoms with Crippen LogP contribution in [0.3, 0.4) is 0 Å². The minimum Gasteiger partial charge on any atom is -0.496 e. The maximum atomic E-state index is 5.57. The fraction of sp³-hybridized carbons (Fsp3) is 0.500. The number of hydrogen-bond acceptors (Lipinski definition) is 2. The van der Waals surface area contributed by atoms with Gasteiger partial charge < -0.3 is 14.6 Å². The molecule has 2 heterocycles. The van der Waals surface area contributed by atoms with E-state index in [0.717, 1.165) is 24.6 Å². The second-order valence-electron chi connectivity index (χ2n) is 5.57. The molecule has 1 aromatic carbocycles. The third-order valence-electron chi connectivity index (χ3n) is 4.19. The van der Waals surface area contributed by atoms with E-state index in [1.807, 2.05) is 0 Å². The summed E-state index contributed by atoms with van der Waals surface area (Å²) < 4.78 is 7.75. The number of methoxy groups -OCH3 is 1. The van der Waals surface area contributed by atoms with Crippen LogP contribution in [0.4, 0.5) is 0 Å². The molecule has 0 amide bonds. The highest BCUT2D eigenvalue weighted by molar-refractivity contribution is 5.82. The van der Waals surface area contributed by atoms with Crippen LogP contribution in [-0.2, 0) is 13.5 Å². The Hall–Kier alpha value is -1.48. The standard InChI is InChI=1S/C16H22N2O/c1-18-7-5-13-10-16(19-2)14(9-15(13)18)8-12-4-3-6-17-11-12/h5,7,9-10,12,17H,3-4,6,8,11H2,1-2H3. The maximum Gasteiger partial charge on any atom is 0.122 e. The quantitative estimate of drug-likeness (QED) is 0.916. The van der Waals surface area contributed by atoms with Gasteiger partial charge in [0.25, 0.3) is 0 Å². The van der Waals surface area contributed by atoms with Gasteiger partial charge in [-0.15, -0.1) is 0 Å². The molecule has 3 heteroatoms. The lowest BCUT2D eigenvalue weighted by molar-refractivity contribution is 0.364. The maximum absolute atomic E-state index is 5.57. The summed E-state index contributed by atoms with van der Waals surface area (Å²) in [5.41, 5.74) is 2.63. The number of fused-ring (bicyclic) bond motifs is 1. The number of hydrogen-bond donors (Lipinski definition) is 1. The monoisotopic (exact) mass is 258 g/mol. The first-order chi connectivity index (χ1) is 9.28. The summed E-state index contributed by atoms with van der Waals surface area (Å²) >= 11 is 0. The molecule has 1 unspecified atom stereocenters. The predicted molar refractivity (Wildman–Crippen MR) is 78.8 cm³/mol. The lowest BCUT2D eigenvalue weighted by Crippen LogP contribution is -2.30. The van der Waals surface area contributed by atoms with Crippen LogP contribution in [0.5, 0.6) is 5.75 Å². The van der Waals surface area contributed by atoms with E-state index in [0.29, 0.717) is 0 Å². The second kappa shape index (κ2) is 5.25. The van der Waals surface area contributed by atoms with Gasteiger partial charge >= 0.3 is 0 Å². The highest BCUT2D eigenvalue weighted by atomic mass is 16.5. The van der Waals surface area contributed by atoms with Gasteiger partial charge in [-0.05, 0) is 62.0 Å². The summed E-state index contributed by atoms with van der Waals surface area (Å²) in [5.74, 6) is 1.77. The zero-order valence-corrected chi connectivity index (χ0v) is 11.8. The number of benzene rings is 1. The number of aryl methyl sites for hydroxylation is 1. The average Bonchev–Trinajstić information content (AvgIpc) is 2.80. The Bertz CT molecular complexity index is 567. The van der Waals surface area contributed by atoms with Crippen molar-refractivity contribution in [3.63, 3.8) is 0 Å². The van der Waals surface area contributed by atoms with Gasteiger partial charge in [0.15, 0.2) is 0 Å². The fourth-order valence-corrected chi connectivity index (χ4v) is 3.10. The van der Waals surface area contributed by atoms with Crippen molar-refractivity contribution in [1.82, 2.24) is 9.88 Å². The number of nitrogens with one attached hydrogen (secondary N) is 1. The van der Waals surface area contributed by atoms with Crippen LogP contribution in [-0.4, -0.2) is 24.8 Å². The first-order valence-corrected chi connectivity index (χ1v) is 7.10. The van der Waals surface area contributed by atoms with Gasteiger partial charge in [-0.2, -0.15) is 0 Å². The van der Waals surface area contributed by atoms with Crippen LogP contribution in [0.2, 0.25) is 0 Å². The van der Waals surface area contributed by atoms with Crippen LogP contribution < -0.4 is 10.1 Å². The van der Waals surface area contributed by atoms with Crippen LogP contribution in [0.25, 0.3) is 10.9 Å². The Labute approximate surface area is 114 Å². The van der Waals surface area contributed by atoms with Crippen molar-refractivity contribution in [2.24, 2.45) is 13.0 Å². The lowest BCUT2D eigenvalue weighted by Gasteiger charge is -2.23. The van der Waals surface area contributed by atoms with Gasteiger partial charge in [-0.25, -0.2) is 0 Å². The van der Waals surface area contributed by atoms with Gasteiger partial charge in [-0.3, -0.25) is 0 Å². The summed E-state index contributed by atoms with van der Waals surface area (Å²) in [5, 5.41) is 4.74. The normalized spacial score (nSPS) is 19.8. The van der Waals surface area contributed by atoms with E-state index >= 15 is 0 Å². The van der Waals surface area contributed by atoms with Gasteiger partial charge in [0.1, 0.15) is 5.75 Å². The topological polar surface area (TPSA) is 26.2 Å². The van der Waals surface area contributed by atoms with Crippen molar-refractivity contribution in [2.45, 2.75) is 19.3 Å². The molecule has 1 fully saturated rings. The molecule has 1 aromatic heterocycles. The number of ether oxygens (including phenoxy) is 1. The van der Waals surface area contributed by atoms with Crippen molar-refractivity contribution in [2.75, 3.05) is 20.2 Å². The minimum atomic E-state index is 0.736. The Morgan fingerprint density at radius 1 is 1.42 bits per heavy atom. The van der Waals surface area contributed by atoms with E-state index in [4.69, 9.17) is 4.74 Å². The van der Waals surface area contributed by atoms with E-state index in [1.165, 1.54) is 35.9 Å². The van der Waals surface area contributed by atoms with Gasteiger partial charge in [-0.1, -0.05) is 0 Å². The number of piperidine rings is 1. The number of rotatable bonds is 3. The third-order valence-corrected chi connectivity index (χ3v) is 4.19. The van der Waals surface area contributed by atoms with Crippen molar-refractivity contribution in [3.05, 3.63) is 30.0 Å². The van der Waals surface area contributed by atoms with E-state index in [-0.39, 0.29) is 0 Å². The lowest BCUT2D eigenvalue weighted by atomic mass is 9.91. The highest BCUT2D eigenvalue weighted by Crippen LogP contribution is 2.29. The SMILES string of the molecule is COc1cc2ccn(C)c2cc1CC1CCCNC1. The zero-order chi connectivity index (χ0) is 13.2. The molecular weight excluding hydrogens is 236 g/mol. The zero-order valence-electron chi connectivity index (χ0n) is 11.8. The summed E-state index contributed by atoms with van der Waals surface area (Å²) in [6.45, 7) is 2.30. The largest absolute Gasteiger partial charge is 0.496 e. The average molecular weight is 258 g/mol. The van der Waals surface area contributed by atoms with E-state index in [1.54, 1.807) is 7.11 Å². The second-order valence-corrected chi connectivity index (χ2v) is 5.57. The van der Waals surface area contributed by atoms with Crippen molar-refractivity contribution in [3.8, 4) is 5.75 Å². The molecule has 1 saturated heterocycles. The summed E-state index contributed by atoms with van der Waals surface area (Å²) in [6.07, 6.45) is 5.83. The Morgan fingerprint density at radius 2 is 2.32 bits per heavy atom. The molecule has 0 bridgehead atoms. The third kappa shape index (κ3) is 2.47. The van der Waals surface area contributed by atoms with Crippen molar-refractivity contribution in [1.29, 1.82) is 0 Å². The van der Waals surface area contributed by atoms with Crippen LogP contribution >= 0.6 is 0 Å². The number of nitrogens with zero attached hydrogens (tertiary/aromatic N) is 1. The molecule has 3 rings (SSSR count). The van der Waals surface area contributed by atoms with Gasteiger partial charge in [0, 0.05) is 24.1 Å². The molecule has 1 aliphatic heterocycles. The number of aromatic nitrogens is 1. The van der Waals surface area contributed by atoms with Crippen molar-refractivity contribution < 1.29 is 4.74 Å². The predicted octanol–water partition coefficient (Wildman–Crippen LogP) is 2.73. The van der Waals surface area contributed by atoms with Gasteiger partial charge in [0.05, 0.1) is 7.11 Å². The summed E-state index contributed by atoms with van der Waals surface area (Å²) in [7, 11) is 3.87. The molecule has 0 aliphatic carbocycles. The summed E-state index contributed by atoms with van der Waals surface area (Å²) in [4.78, 5) is 0. The molecule has 102 valence electrons. The van der Waals surface area contributed by atoms with E-state index < -0.39 is 0 Å². The van der Waals surface area contributed by atoms with Crippen LogP contribution in [0.1, 0.15) is 18.4 Å². The molecule has 19 heavy (non-hydrogen) atoms. The van der Waals surface area contributed by atoms with Crippen molar-refractivity contribution >= 4 is 10.9 Å². The smallest absolute Gasteiger partial charge is 0.122 e. The molecule has 0 radical (unpaired) electrons. The molecule has 1 aliphatic rings. The van der Waals surface area contributed by atoms with Gasteiger partial charge in [0.2, 0.25) is 0 Å². The van der Waals surface area contributed by atoms with E-state index in [2.05, 4.69) is 41.3 Å². The molecular formula is C16H22N2O. The Balaban J connectivity index is 1.93. The molecule has 3 nitrogen and oxygen atoms in total. The van der Waals surface area contributed by atoms with E-state index in [9.17, 15) is 0 Å². The molecule has 1 atom stereocenters. The fourth-order valence-electron chi connectivity index (χ4n) is 3.10. The van der Waals surface area contributed by atoms with Crippen LogP contribution in [0.15, 0.2) is 24.4 Å². The molecule has 0 spiro atoms. The van der Waals surface area contributed by atoms with Crippen LogP contribution in [0, 0.1) is 5.92 Å². The highest BCUT2D eigenvalue weighted by Gasteiger charge is 2.16. The first-order valence-electron chi connectivity index (χ1n) is 7.10. The molecule has 1 N–H and O–H groups in total. The molecule has 2 aromatic rings. The Morgan fingerprint density at radius 3 is 3.05 bits per heavy atom. The molecule has 0 saturated carbocycles. The first kappa shape index (κ1) is 12.5. The Kier molecular flexibility index (Phi) is 3.47. The minimum absolute atomic E-state index is 0.736. The summed E-state index contributed by atoms with van der Waals surface area (Å²) in [6, 6.07) is 6.60.